The maximum absolute atomic E-state index is 13.0. The van der Waals surface area contributed by atoms with Gasteiger partial charge in [-0.2, -0.15) is 0 Å². The summed E-state index contributed by atoms with van der Waals surface area (Å²) in [4.78, 5) is 25.7. The minimum absolute atomic E-state index is 0.161. The van der Waals surface area contributed by atoms with Crippen molar-refractivity contribution in [2.45, 2.75) is 20.4 Å². The average Bonchev–Trinajstić information content (AvgIpc) is 3.17. The molecule has 0 spiro atoms. The van der Waals surface area contributed by atoms with Crippen molar-refractivity contribution in [3.05, 3.63) is 101 Å². The van der Waals surface area contributed by atoms with E-state index < -0.39 is 0 Å². The van der Waals surface area contributed by atoms with Gasteiger partial charge in [-0.05, 0) is 55.8 Å². The number of amides is 2. The molecule has 0 aliphatic heterocycles. The third kappa shape index (κ3) is 5.35. The van der Waals surface area contributed by atoms with Crippen molar-refractivity contribution in [2.24, 2.45) is 0 Å². The van der Waals surface area contributed by atoms with Gasteiger partial charge in [0.25, 0.3) is 11.8 Å². The van der Waals surface area contributed by atoms with Crippen LogP contribution in [0.25, 0.3) is 10.9 Å². The summed E-state index contributed by atoms with van der Waals surface area (Å²) in [5.41, 5.74) is 6.14. The molecule has 34 heavy (non-hydrogen) atoms. The van der Waals surface area contributed by atoms with Gasteiger partial charge in [-0.3, -0.25) is 9.59 Å². The van der Waals surface area contributed by atoms with Crippen LogP contribution in [0.1, 0.15) is 37.5 Å². The Morgan fingerprint density at radius 2 is 1.68 bits per heavy atom. The maximum atomic E-state index is 13.0. The van der Waals surface area contributed by atoms with Crippen LogP contribution in [0.5, 0.6) is 0 Å². The lowest BCUT2D eigenvalue weighted by Gasteiger charge is -2.12. The Hall–Kier alpha value is -3.90. The van der Waals surface area contributed by atoms with E-state index in [0.717, 1.165) is 22.0 Å². The molecule has 0 bridgehead atoms. The summed E-state index contributed by atoms with van der Waals surface area (Å²) in [6.45, 7) is 5.48. The first kappa shape index (κ1) is 23.3. The summed E-state index contributed by atoms with van der Waals surface area (Å²) in [5, 5.41) is 6.76. The van der Waals surface area contributed by atoms with Crippen molar-refractivity contribution in [2.75, 3.05) is 25.6 Å². The van der Waals surface area contributed by atoms with Gasteiger partial charge in [0.15, 0.2) is 0 Å². The van der Waals surface area contributed by atoms with Crippen molar-refractivity contribution in [3.8, 4) is 0 Å². The highest BCUT2D eigenvalue weighted by Gasteiger charge is 2.17. The predicted molar refractivity (Wildman–Crippen MR) is 136 cm³/mol. The summed E-state index contributed by atoms with van der Waals surface area (Å²) in [5.74, 6) is -0.331. The number of fused-ring (bicyclic) bond motifs is 1. The number of methoxy groups -OCH3 is 1. The third-order valence-electron chi connectivity index (χ3n) is 5.72. The number of carbonyl (C=O) groups excluding carboxylic acids is 2. The van der Waals surface area contributed by atoms with Crippen LogP contribution in [0.2, 0.25) is 0 Å². The molecule has 0 fully saturated rings. The Labute approximate surface area is 199 Å². The monoisotopic (exact) mass is 455 g/mol. The normalized spacial score (nSPS) is 10.9. The Kier molecular flexibility index (Phi) is 7.09. The molecule has 6 nitrogen and oxygen atoms in total. The number of ether oxygens (including phenoxy) is 1. The molecular weight excluding hydrogens is 426 g/mol. The number of hydrogen-bond donors (Lipinski definition) is 2. The number of benzene rings is 3. The van der Waals surface area contributed by atoms with Gasteiger partial charge >= 0.3 is 0 Å². The number of carbonyl (C=O) groups is 2. The highest BCUT2D eigenvalue weighted by molar-refractivity contribution is 6.06. The van der Waals surface area contributed by atoms with E-state index in [1.165, 1.54) is 5.56 Å². The van der Waals surface area contributed by atoms with Gasteiger partial charge in [0, 0.05) is 42.4 Å². The van der Waals surface area contributed by atoms with E-state index in [0.29, 0.717) is 36.6 Å². The average molecular weight is 456 g/mol. The zero-order valence-corrected chi connectivity index (χ0v) is 19.7. The third-order valence-corrected chi connectivity index (χ3v) is 5.72. The molecule has 0 atom stereocenters. The number of aryl methyl sites for hydroxylation is 2. The van der Waals surface area contributed by atoms with Crippen LogP contribution in [-0.2, 0) is 11.3 Å². The number of anilines is 1. The molecule has 0 saturated heterocycles. The van der Waals surface area contributed by atoms with Crippen LogP contribution in [0.3, 0.4) is 0 Å². The van der Waals surface area contributed by atoms with Crippen LogP contribution in [0.15, 0.2) is 72.8 Å². The van der Waals surface area contributed by atoms with Crippen LogP contribution in [-0.4, -0.2) is 36.6 Å². The van der Waals surface area contributed by atoms with Crippen molar-refractivity contribution in [3.63, 3.8) is 0 Å². The van der Waals surface area contributed by atoms with Crippen molar-refractivity contribution in [1.82, 2.24) is 9.88 Å². The molecule has 0 saturated carbocycles. The molecule has 3 aromatic carbocycles. The largest absolute Gasteiger partial charge is 0.383 e. The molecule has 0 radical (unpaired) electrons. The molecule has 4 aromatic rings. The highest BCUT2D eigenvalue weighted by Crippen LogP contribution is 2.25. The van der Waals surface area contributed by atoms with Gasteiger partial charge in [-0.1, -0.05) is 47.5 Å². The zero-order chi connectivity index (χ0) is 24.1. The van der Waals surface area contributed by atoms with Gasteiger partial charge in [0.05, 0.1) is 6.61 Å². The summed E-state index contributed by atoms with van der Waals surface area (Å²) < 4.78 is 7.07. The molecule has 6 heteroatoms. The molecule has 174 valence electrons. The maximum Gasteiger partial charge on any atom is 0.268 e. The quantitative estimate of drug-likeness (QED) is 0.370. The van der Waals surface area contributed by atoms with E-state index in [2.05, 4.69) is 35.8 Å². The fourth-order valence-corrected chi connectivity index (χ4v) is 3.97. The topological polar surface area (TPSA) is 72.4 Å². The Morgan fingerprint density at radius 3 is 2.41 bits per heavy atom. The Balaban J connectivity index is 1.66. The lowest BCUT2D eigenvalue weighted by atomic mass is 10.1. The van der Waals surface area contributed by atoms with Crippen LogP contribution in [0.4, 0.5) is 5.69 Å². The molecule has 4 rings (SSSR count). The standard InChI is InChI=1S/C28H29N3O3/c1-19-7-9-22(10-8-19)27(32)30-24-11-12-25-23(16-24)17-26(28(33)29-13-14-34-3)31(25)18-21-6-4-5-20(2)15-21/h4-12,15-17H,13-14,18H2,1-3H3,(H,29,33)(H,30,32). The lowest BCUT2D eigenvalue weighted by molar-refractivity contribution is 0.0928. The van der Waals surface area contributed by atoms with Crippen LogP contribution in [0, 0.1) is 13.8 Å². The van der Waals surface area contributed by atoms with Crippen LogP contribution < -0.4 is 10.6 Å². The van der Waals surface area contributed by atoms with E-state index in [-0.39, 0.29) is 11.8 Å². The molecule has 2 N–H and O–H groups in total. The Bertz CT molecular complexity index is 1320. The first-order valence-corrected chi connectivity index (χ1v) is 11.3. The van der Waals surface area contributed by atoms with Gasteiger partial charge in [0.2, 0.25) is 0 Å². The molecule has 1 aromatic heterocycles. The molecule has 0 aliphatic rings. The van der Waals surface area contributed by atoms with Crippen molar-refractivity contribution < 1.29 is 14.3 Å². The molecular formula is C28H29N3O3. The van der Waals surface area contributed by atoms with Gasteiger partial charge in [-0.25, -0.2) is 0 Å². The second-order valence-electron chi connectivity index (χ2n) is 8.45. The van der Waals surface area contributed by atoms with E-state index >= 15 is 0 Å². The van der Waals surface area contributed by atoms with Gasteiger partial charge < -0.3 is 19.9 Å². The molecule has 1 heterocycles. The second kappa shape index (κ2) is 10.4. The first-order chi connectivity index (χ1) is 16.4. The van der Waals surface area contributed by atoms with Crippen molar-refractivity contribution >= 4 is 28.4 Å². The van der Waals surface area contributed by atoms with Gasteiger partial charge in [-0.15, -0.1) is 0 Å². The summed E-state index contributed by atoms with van der Waals surface area (Å²) >= 11 is 0. The molecule has 0 unspecified atom stereocenters. The lowest BCUT2D eigenvalue weighted by Crippen LogP contribution is -2.29. The number of nitrogens with one attached hydrogen (secondary N) is 2. The van der Waals surface area contributed by atoms with E-state index in [9.17, 15) is 9.59 Å². The van der Waals surface area contributed by atoms with E-state index in [4.69, 9.17) is 4.74 Å². The van der Waals surface area contributed by atoms with Crippen molar-refractivity contribution in [1.29, 1.82) is 0 Å². The smallest absolute Gasteiger partial charge is 0.268 e. The number of nitrogens with zero attached hydrogens (tertiary/aromatic N) is 1. The number of rotatable bonds is 8. The van der Waals surface area contributed by atoms with E-state index in [1.54, 1.807) is 7.11 Å². The summed E-state index contributed by atoms with van der Waals surface area (Å²) in [7, 11) is 1.60. The fraction of sp³-hybridized carbons (Fsp3) is 0.214. The molecule has 2 amide bonds. The molecule has 0 aliphatic carbocycles. The minimum Gasteiger partial charge on any atom is -0.383 e. The van der Waals surface area contributed by atoms with Crippen LogP contribution >= 0.6 is 0 Å². The highest BCUT2D eigenvalue weighted by atomic mass is 16.5. The Morgan fingerprint density at radius 1 is 0.882 bits per heavy atom. The first-order valence-electron chi connectivity index (χ1n) is 11.3. The predicted octanol–water partition coefficient (Wildman–Crippen LogP) is 4.93. The zero-order valence-electron chi connectivity index (χ0n) is 19.7. The minimum atomic E-state index is -0.170. The summed E-state index contributed by atoms with van der Waals surface area (Å²) in [6, 6.07) is 23.3. The fourth-order valence-electron chi connectivity index (χ4n) is 3.97. The second-order valence-corrected chi connectivity index (χ2v) is 8.45. The van der Waals surface area contributed by atoms with Gasteiger partial charge in [0.1, 0.15) is 5.69 Å². The van der Waals surface area contributed by atoms with E-state index in [1.807, 2.05) is 66.1 Å². The number of hydrogen-bond acceptors (Lipinski definition) is 3. The summed E-state index contributed by atoms with van der Waals surface area (Å²) in [6.07, 6.45) is 0. The SMILES string of the molecule is COCCNC(=O)c1cc2cc(NC(=O)c3ccc(C)cc3)ccc2n1Cc1cccc(C)c1. The number of aromatic nitrogens is 1.